The minimum absolute atomic E-state index is 0.177. The summed E-state index contributed by atoms with van der Waals surface area (Å²) in [7, 11) is -4.22. The van der Waals surface area contributed by atoms with Crippen LogP contribution in [0.25, 0.3) is 0 Å². The molecule has 3 rings (SSSR count). The lowest BCUT2D eigenvalue weighted by Gasteiger charge is -2.13. The van der Waals surface area contributed by atoms with Crippen molar-refractivity contribution in [3.05, 3.63) is 78.4 Å². The van der Waals surface area contributed by atoms with Gasteiger partial charge in [0.1, 0.15) is 11.5 Å². The van der Waals surface area contributed by atoms with E-state index in [9.17, 15) is 26.4 Å². The second-order valence-corrected chi connectivity index (χ2v) is 10.8. The van der Waals surface area contributed by atoms with Crippen LogP contribution in [0.5, 0.6) is 11.5 Å². The highest BCUT2D eigenvalue weighted by Crippen LogP contribution is 2.31. The Morgan fingerprint density at radius 1 is 0.800 bits per heavy atom. The zero-order valence-electron chi connectivity index (χ0n) is 22.2. The Morgan fingerprint density at radius 2 is 1.45 bits per heavy atom. The average Bonchev–Trinajstić information content (AvgIpc) is 2.91. The molecule has 0 saturated carbocycles. The summed E-state index contributed by atoms with van der Waals surface area (Å²) in [5.41, 5.74) is -1.05. The summed E-state index contributed by atoms with van der Waals surface area (Å²) in [5, 5.41) is 2.56. The fourth-order valence-electron chi connectivity index (χ4n) is 3.79. The zero-order chi connectivity index (χ0) is 29.0. The number of benzene rings is 3. The number of hydrogen-bond acceptors (Lipinski definition) is 5. The van der Waals surface area contributed by atoms with Crippen LogP contribution in [0.3, 0.4) is 0 Å². The molecule has 2 N–H and O–H groups in total. The third kappa shape index (κ3) is 10.1. The van der Waals surface area contributed by atoms with Gasteiger partial charge in [-0.05, 0) is 55.0 Å². The number of rotatable bonds is 15. The molecule has 7 nitrogen and oxygen atoms in total. The number of alkyl halides is 3. The molecule has 0 aliphatic carbocycles. The van der Waals surface area contributed by atoms with Crippen molar-refractivity contribution in [2.24, 2.45) is 0 Å². The van der Waals surface area contributed by atoms with E-state index in [1.807, 2.05) is 6.07 Å². The maximum Gasteiger partial charge on any atom is 0.416 e. The van der Waals surface area contributed by atoms with Crippen molar-refractivity contribution >= 4 is 27.3 Å². The fraction of sp³-hybridized carbons (Fsp3) is 0.345. The predicted octanol–water partition coefficient (Wildman–Crippen LogP) is 7.26. The van der Waals surface area contributed by atoms with E-state index in [0.29, 0.717) is 24.2 Å². The molecule has 0 bridgehead atoms. The summed E-state index contributed by atoms with van der Waals surface area (Å²) in [4.78, 5) is 12.2. The molecule has 0 heterocycles. The number of carbonyl (C=O) groups excluding carboxylic acids is 1. The molecule has 0 unspecified atom stereocenters. The van der Waals surface area contributed by atoms with Gasteiger partial charge in [-0.3, -0.25) is 9.52 Å². The number of halogens is 3. The Hall–Kier alpha value is -3.73. The Kier molecular flexibility index (Phi) is 11.2. The number of nitrogens with one attached hydrogen (secondary N) is 2. The first kappa shape index (κ1) is 30.8. The second-order valence-electron chi connectivity index (χ2n) is 9.14. The van der Waals surface area contributed by atoms with Gasteiger partial charge in [-0.25, -0.2) is 8.42 Å². The van der Waals surface area contributed by atoms with Gasteiger partial charge >= 0.3 is 6.18 Å². The summed E-state index contributed by atoms with van der Waals surface area (Å²) in [6.07, 6.45) is 2.34. The molecule has 0 aliphatic rings. The van der Waals surface area contributed by atoms with Gasteiger partial charge < -0.3 is 14.8 Å². The zero-order valence-corrected chi connectivity index (χ0v) is 23.0. The first-order valence-corrected chi connectivity index (χ1v) is 14.5. The summed E-state index contributed by atoms with van der Waals surface area (Å²) in [5.74, 6) is 0.550. The lowest BCUT2D eigenvalue weighted by Crippen LogP contribution is -2.20. The summed E-state index contributed by atoms with van der Waals surface area (Å²) < 4.78 is 77.8. The van der Waals surface area contributed by atoms with Gasteiger partial charge in [0.15, 0.2) is 6.61 Å². The topological polar surface area (TPSA) is 93.7 Å². The third-order valence-corrected chi connectivity index (χ3v) is 7.19. The Morgan fingerprint density at radius 3 is 2.20 bits per heavy atom. The van der Waals surface area contributed by atoms with Gasteiger partial charge in [-0.2, -0.15) is 13.2 Å². The fourth-order valence-corrected chi connectivity index (χ4v) is 4.88. The van der Waals surface area contributed by atoms with Crippen molar-refractivity contribution in [2.45, 2.75) is 56.5 Å². The molecular weight excluding hydrogens is 545 g/mol. The van der Waals surface area contributed by atoms with Gasteiger partial charge in [-0.15, -0.1) is 0 Å². The number of carbonyl (C=O) groups is 1. The van der Waals surface area contributed by atoms with Crippen LogP contribution in [-0.2, 0) is 21.0 Å². The summed E-state index contributed by atoms with van der Waals surface area (Å²) in [6, 6.07) is 16.2. The lowest BCUT2D eigenvalue weighted by atomic mass is 10.1. The van der Waals surface area contributed by atoms with Crippen molar-refractivity contribution in [3.8, 4) is 11.5 Å². The number of sulfonamides is 1. The predicted molar refractivity (Wildman–Crippen MR) is 148 cm³/mol. The molecule has 0 aromatic heterocycles. The summed E-state index contributed by atoms with van der Waals surface area (Å²) in [6.45, 7) is 2.44. The van der Waals surface area contributed by atoms with Gasteiger partial charge in [0.05, 0.1) is 17.1 Å². The Balaban J connectivity index is 1.52. The van der Waals surface area contributed by atoms with E-state index in [1.165, 1.54) is 56.0 Å². The van der Waals surface area contributed by atoms with Crippen LogP contribution in [0.1, 0.15) is 51.0 Å². The molecule has 1 amide bonds. The van der Waals surface area contributed by atoms with Gasteiger partial charge in [0, 0.05) is 17.4 Å². The molecule has 40 heavy (non-hydrogen) atoms. The minimum Gasteiger partial charge on any atom is -0.493 e. The first-order valence-electron chi connectivity index (χ1n) is 13.0. The highest BCUT2D eigenvalue weighted by molar-refractivity contribution is 7.92. The number of ether oxygens (including phenoxy) is 2. The maximum atomic E-state index is 13.0. The Bertz CT molecular complexity index is 1360. The van der Waals surface area contributed by atoms with E-state index in [4.69, 9.17) is 9.47 Å². The van der Waals surface area contributed by atoms with E-state index >= 15 is 0 Å². The normalized spacial score (nSPS) is 11.6. The van der Waals surface area contributed by atoms with E-state index in [0.717, 1.165) is 25.0 Å². The third-order valence-electron chi connectivity index (χ3n) is 5.81. The quantitative estimate of drug-likeness (QED) is 0.185. The molecule has 0 aliphatic heterocycles. The van der Waals surface area contributed by atoms with Gasteiger partial charge in [0.25, 0.3) is 15.9 Å². The molecule has 3 aromatic rings. The molecule has 0 spiro atoms. The molecule has 11 heteroatoms. The molecule has 0 radical (unpaired) electrons. The van der Waals surface area contributed by atoms with E-state index in [-0.39, 0.29) is 22.9 Å². The number of hydrogen-bond donors (Lipinski definition) is 2. The first-order chi connectivity index (χ1) is 19.1. The van der Waals surface area contributed by atoms with Crippen LogP contribution in [0.2, 0.25) is 0 Å². The smallest absolute Gasteiger partial charge is 0.416 e. The maximum absolute atomic E-state index is 13.0. The van der Waals surface area contributed by atoms with E-state index in [2.05, 4.69) is 17.0 Å². The van der Waals surface area contributed by atoms with Crippen LogP contribution in [0.4, 0.5) is 24.5 Å². The second kappa shape index (κ2) is 14.6. The van der Waals surface area contributed by atoms with Crippen LogP contribution in [-0.4, -0.2) is 27.5 Å². The van der Waals surface area contributed by atoms with E-state index < -0.39 is 27.7 Å². The molecule has 0 saturated heterocycles. The lowest BCUT2D eigenvalue weighted by molar-refractivity contribution is -0.137. The Labute approximate surface area is 232 Å². The van der Waals surface area contributed by atoms with Crippen LogP contribution in [0, 0.1) is 0 Å². The van der Waals surface area contributed by atoms with Gasteiger partial charge in [-0.1, -0.05) is 57.2 Å². The number of unbranched alkanes of at least 4 members (excludes halogenated alkanes) is 5. The SMILES string of the molecule is CCCCCCCCOc1cccc(OCC(=O)Nc2cccc(S(=O)(=O)Nc3cccc(C(F)(F)F)c3)c2)c1. The van der Waals surface area contributed by atoms with Crippen molar-refractivity contribution in [3.63, 3.8) is 0 Å². The number of anilines is 2. The minimum atomic E-state index is -4.62. The molecule has 0 atom stereocenters. The van der Waals surface area contributed by atoms with Crippen LogP contribution in [0.15, 0.2) is 77.7 Å². The molecule has 0 fully saturated rings. The van der Waals surface area contributed by atoms with Crippen molar-refractivity contribution in [1.29, 1.82) is 0 Å². The molecular formula is C29H33F3N2O5S. The average molecular weight is 579 g/mol. The van der Waals surface area contributed by atoms with E-state index in [1.54, 1.807) is 18.2 Å². The van der Waals surface area contributed by atoms with Crippen molar-refractivity contribution in [1.82, 2.24) is 0 Å². The van der Waals surface area contributed by atoms with Crippen LogP contribution < -0.4 is 19.5 Å². The van der Waals surface area contributed by atoms with Crippen molar-refractivity contribution in [2.75, 3.05) is 23.3 Å². The van der Waals surface area contributed by atoms with Crippen molar-refractivity contribution < 1.29 is 35.9 Å². The highest BCUT2D eigenvalue weighted by atomic mass is 32.2. The highest BCUT2D eigenvalue weighted by Gasteiger charge is 2.30. The van der Waals surface area contributed by atoms with Crippen LogP contribution >= 0.6 is 0 Å². The largest absolute Gasteiger partial charge is 0.493 e. The monoisotopic (exact) mass is 578 g/mol. The summed E-state index contributed by atoms with van der Waals surface area (Å²) >= 11 is 0. The standard InChI is InChI=1S/C29H33F3N2O5S/c1-2-3-4-5-6-7-17-38-25-14-10-15-26(20-25)39-21-28(35)33-23-12-9-16-27(19-23)40(36,37)34-24-13-8-11-22(18-24)29(30,31)32/h8-16,18-20,34H,2-7,17,21H2,1H3,(H,33,35). The molecule has 216 valence electrons. The number of amides is 1. The van der Waals surface area contributed by atoms with Gasteiger partial charge in [0.2, 0.25) is 0 Å². The molecule has 3 aromatic carbocycles.